The molecule has 6 heteroatoms. The van der Waals surface area contributed by atoms with E-state index < -0.39 is 10.0 Å². The molecule has 2 aliphatic rings. The van der Waals surface area contributed by atoms with Gasteiger partial charge in [-0.05, 0) is 60.4 Å². The van der Waals surface area contributed by atoms with Gasteiger partial charge in [0.05, 0.1) is 10.6 Å². The third-order valence-electron chi connectivity index (χ3n) is 5.64. The van der Waals surface area contributed by atoms with Crippen LogP contribution in [0.25, 0.3) is 0 Å². The summed E-state index contributed by atoms with van der Waals surface area (Å²) < 4.78 is 28.1. The number of para-hydroxylation sites is 1. The van der Waals surface area contributed by atoms with Crippen molar-refractivity contribution in [3.8, 4) is 0 Å². The molecule has 1 amide bonds. The van der Waals surface area contributed by atoms with Crippen LogP contribution in [0.4, 0.5) is 11.4 Å². The number of carbonyl (C=O) groups is 1. The molecular formula is C23H20N2O3S. The largest absolute Gasteiger partial charge is 0.308 e. The number of fused-ring (bicyclic) bond motifs is 2. The molecule has 5 rings (SSSR count). The van der Waals surface area contributed by atoms with Crippen molar-refractivity contribution in [1.29, 1.82) is 0 Å². The maximum absolute atomic E-state index is 13.3. The second-order valence-corrected chi connectivity index (χ2v) is 9.18. The minimum absolute atomic E-state index is 0.0616. The number of amides is 1. The molecule has 2 aliphatic heterocycles. The molecule has 3 aromatic carbocycles. The van der Waals surface area contributed by atoms with Crippen LogP contribution in [0.2, 0.25) is 0 Å². The van der Waals surface area contributed by atoms with Gasteiger partial charge in [-0.2, -0.15) is 0 Å². The van der Waals surface area contributed by atoms with E-state index in [0.717, 1.165) is 28.9 Å². The molecule has 0 fully saturated rings. The molecule has 0 spiro atoms. The normalized spacial score (nSPS) is 15.3. The van der Waals surface area contributed by atoms with E-state index in [1.165, 1.54) is 4.31 Å². The average molecular weight is 404 g/mol. The van der Waals surface area contributed by atoms with Crippen LogP contribution in [0.5, 0.6) is 0 Å². The van der Waals surface area contributed by atoms with Gasteiger partial charge in [-0.3, -0.25) is 9.10 Å². The summed E-state index contributed by atoms with van der Waals surface area (Å²) in [7, 11) is -3.63. The SMILES string of the molecule is O=C(c1ccccc1)N1CCc2cc(S(=O)(=O)N3CCc4ccccc43)ccc21. The molecule has 3 aromatic rings. The van der Waals surface area contributed by atoms with Crippen LogP contribution in [0.15, 0.2) is 77.7 Å². The maximum Gasteiger partial charge on any atom is 0.264 e. The lowest BCUT2D eigenvalue weighted by Gasteiger charge is -2.21. The highest BCUT2D eigenvalue weighted by Gasteiger charge is 2.32. The van der Waals surface area contributed by atoms with Gasteiger partial charge in [-0.15, -0.1) is 0 Å². The highest BCUT2D eigenvalue weighted by molar-refractivity contribution is 7.92. The van der Waals surface area contributed by atoms with Gasteiger partial charge in [0.15, 0.2) is 0 Å². The van der Waals surface area contributed by atoms with E-state index >= 15 is 0 Å². The lowest BCUT2D eigenvalue weighted by Crippen LogP contribution is -2.29. The maximum atomic E-state index is 13.3. The molecule has 0 unspecified atom stereocenters. The van der Waals surface area contributed by atoms with Gasteiger partial charge >= 0.3 is 0 Å². The smallest absolute Gasteiger partial charge is 0.264 e. The Kier molecular flexibility index (Phi) is 4.17. The first-order valence-corrected chi connectivity index (χ1v) is 11.1. The summed E-state index contributed by atoms with van der Waals surface area (Å²) in [5.74, 6) is -0.0616. The minimum Gasteiger partial charge on any atom is -0.308 e. The summed E-state index contributed by atoms with van der Waals surface area (Å²) in [4.78, 5) is 14.8. The highest BCUT2D eigenvalue weighted by atomic mass is 32.2. The second kappa shape index (κ2) is 6.74. The van der Waals surface area contributed by atoms with E-state index in [2.05, 4.69) is 0 Å². The van der Waals surface area contributed by atoms with Crippen molar-refractivity contribution in [1.82, 2.24) is 0 Å². The second-order valence-electron chi connectivity index (χ2n) is 7.32. The Balaban J connectivity index is 1.47. The average Bonchev–Trinajstić information content (AvgIpc) is 3.38. The third kappa shape index (κ3) is 2.91. The lowest BCUT2D eigenvalue weighted by molar-refractivity contribution is 0.0989. The Bertz CT molecular complexity index is 1210. The minimum atomic E-state index is -3.63. The molecular weight excluding hydrogens is 384 g/mol. The molecule has 29 heavy (non-hydrogen) atoms. The quantitative estimate of drug-likeness (QED) is 0.670. The fraction of sp³-hybridized carbons (Fsp3) is 0.174. The molecule has 0 radical (unpaired) electrons. The predicted octanol–water partition coefficient (Wildman–Crippen LogP) is 3.64. The van der Waals surface area contributed by atoms with E-state index in [4.69, 9.17) is 0 Å². The summed E-state index contributed by atoms with van der Waals surface area (Å²) in [5.41, 5.74) is 4.12. The fourth-order valence-electron chi connectivity index (χ4n) is 4.17. The Hall–Kier alpha value is -3.12. The van der Waals surface area contributed by atoms with Gasteiger partial charge in [0.2, 0.25) is 0 Å². The Morgan fingerprint density at radius 1 is 0.759 bits per heavy atom. The predicted molar refractivity (Wildman–Crippen MR) is 113 cm³/mol. The van der Waals surface area contributed by atoms with E-state index in [1.54, 1.807) is 35.2 Å². The van der Waals surface area contributed by atoms with E-state index in [-0.39, 0.29) is 10.8 Å². The first-order valence-electron chi connectivity index (χ1n) is 9.66. The molecule has 2 heterocycles. The molecule has 146 valence electrons. The Morgan fingerprint density at radius 2 is 1.48 bits per heavy atom. The van der Waals surface area contributed by atoms with Gasteiger partial charge in [0.1, 0.15) is 0 Å². The number of benzene rings is 3. The van der Waals surface area contributed by atoms with Gasteiger partial charge in [0, 0.05) is 24.3 Å². The van der Waals surface area contributed by atoms with Crippen LogP contribution in [0.3, 0.4) is 0 Å². The lowest BCUT2D eigenvalue weighted by atomic mass is 10.1. The first kappa shape index (κ1) is 17.9. The topological polar surface area (TPSA) is 57.7 Å². The molecule has 0 N–H and O–H groups in total. The van der Waals surface area contributed by atoms with Gasteiger partial charge in [-0.1, -0.05) is 36.4 Å². The fourth-order valence-corrected chi connectivity index (χ4v) is 5.73. The van der Waals surface area contributed by atoms with Gasteiger partial charge in [-0.25, -0.2) is 8.42 Å². The van der Waals surface area contributed by atoms with E-state index in [0.29, 0.717) is 25.1 Å². The molecule has 0 aromatic heterocycles. The van der Waals surface area contributed by atoms with Crippen LogP contribution >= 0.6 is 0 Å². The van der Waals surface area contributed by atoms with Crippen molar-refractivity contribution in [2.45, 2.75) is 17.7 Å². The molecule has 5 nitrogen and oxygen atoms in total. The zero-order valence-electron chi connectivity index (χ0n) is 15.8. The zero-order valence-corrected chi connectivity index (χ0v) is 16.6. The summed E-state index contributed by atoms with van der Waals surface area (Å²) in [5, 5.41) is 0. The third-order valence-corrected chi connectivity index (χ3v) is 7.45. The number of carbonyl (C=O) groups excluding carboxylic acids is 1. The molecule has 0 atom stereocenters. The molecule has 0 bridgehead atoms. The van der Waals surface area contributed by atoms with Crippen molar-refractivity contribution in [3.63, 3.8) is 0 Å². The number of hydrogen-bond acceptors (Lipinski definition) is 3. The molecule has 0 aliphatic carbocycles. The van der Waals surface area contributed by atoms with Crippen molar-refractivity contribution < 1.29 is 13.2 Å². The van der Waals surface area contributed by atoms with E-state index in [9.17, 15) is 13.2 Å². The van der Waals surface area contributed by atoms with Gasteiger partial charge < -0.3 is 4.90 Å². The van der Waals surface area contributed by atoms with E-state index in [1.807, 2.05) is 42.5 Å². The van der Waals surface area contributed by atoms with Crippen LogP contribution in [-0.4, -0.2) is 27.4 Å². The van der Waals surface area contributed by atoms with Gasteiger partial charge in [0.25, 0.3) is 15.9 Å². The van der Waals surface area contributed by atoms with Crippen LogP contribution < -0.4 is 9.21 Å². The molecule has 0 saturated heterocycles. The molecule has 0 saturated carbocycles. The highest BCUT2D eigenvalue weighted by Crippen LogP contribution is 2.36. The number of nitrogens with zero attached hydrogens (tertiary/aromatic N) is 2. The summed E-state index contributed by atoms with van der Waals surface area (Å²) in [6.45, 7) is 1.01. The Morgan fingerprint density at radius 3 is 2.31 bits per heavy atom. The van der Waals surface area contributed by atoms with Crippen molar-refractivity contribution in [3.05, 3.63) is 89.5 Å². The summed E-state index contributed by atoms with van der Waals surface area (Å²) in [6, 6.07) is 21.9. The van der Waals surface area contributed by atoms with Crippen molar-refractivity contribution in [2.24, 2.45) is 0 Å². The zero-order chi connectivity index (χ0) is 20.0. The summed E-state index contributed by atoms with van der Waals surface area (Å²) in [6.07, 6.45) is 1.37. The number of sulfonamides is 1. The number of rotatable bonds is 3. The monoisotopic (exact) mass is 404 g/mol. The number of anilines is 2. The van der Waals surface area contributed by atoms with Crippen LogP contribution in [-0.2, 0) is 22.9 Å². The summed E-state index contributed by atoms with van der Waals surface area (Å²) >= 11 is 0. The van der Waals surface area contributed by atoms with Crippen LogP contribution in [0, 0.1) is 0 Å². The standard InChI is InChI=1S/C23H20N2O3S/c26-23(18-7-2-1-3-8-18)24-14-12-19-16-20(10-11-21(19)24)29(27,28)25-15-13-17-6-4-5-9-22(17)25/h1-11,16H,12-15H2. The number of hydrogen-bond donors (Lipinski definition) is 0. The first-order chi connectivity index (χ1) is 14.1. The van der Waals surface area contributed by atoms with Crippen molar-refractivity contribution >= 4 is 27.3 Å². The Labute approximate surface area is 170 Å². The van der Waals surface area contributed by atoms with Crippen LogP contribution in [0.1, 0.15) is 21.5 Å². The van der Waals surface area contributed by atoms with Crippen molar-refractivity contribution in [2.75, 3.05) is 22.3 Å².